The third kappa shape index (κ3) is 2.61. The molecule has 1 atom stereocenters. The summed E-state index contributed by atoms with van der Waals surface area (Å²) in [7, 11) is 0. The Balaban J connectivity index is 1.97. The van der Waals surface area contributed by atoms with Crippen molar-refractivity contribution in [2.45, 2.75) is 45.6 Å². The Bertz CT molecular complexity index is 309. The fraction of sp³-hybridized carbons (Fsp3) is 0.846. The van der Waals surface area contributed by atoms with Crippen molar-refractivity contribution in [2.75, 3.05) is 19.6 Å². The van der Waals surface area contributed by atoms with Crippen LogP contribution in [0.5, 0.6) is 0 Å². The van der Waals surface area contributed by atoms with Gasteiger partial charge in [0.15, 0.2) is 0 Å². The van der Waals surface area contributed by atoms with E-state index in [-0.39, 0.29) is 17.9 Å². The van der Waals surface area contributed by atoms with E-state index in [9.17, 15) is 9.59 Å². The van der Waals surface area contributed by atoms with Crippen molar-refractivity contribution in [1.82, 2.24) is 9.80 Å². The van der Waals surface area contributed by atoms with Crippen LogP contribution in [0, 0.1) is 5.92 Å². The van der Waals surface area contributed by atoms with Crippen LogP contribution in [0.1, 0.15) is 39.5 Å². The largest absolute Gasteiger partial charge is 0.341 e. The normalized spacial score (nSPS) is 26.4. The highest BCUT2D eigenvalue weighted by Crippen LogP contribution is 2.23. The minimum absolute atomic E-state index is 0.0335. The molecule has 4 nitrogen and oxygen atoms in total. The second-order valence-corrected chi connectivity index (χ2v) is 5.38. The quantitative estimate of drug-likeness (QED) is 0.690. The van der Waals surface area contributed by atoms with Gasteiger partial charge in [-0.1, -0.05) is 6.92 Å². The summed E-state index contributed by atoms with van der Waals surface area (Å²) >= 11 is 0. The van der Waals surface area contributed by atoms with E-state index in [1.807, 2.05) is 4.90 Å². The van der Waals surface area contributed by atoms with Crippen molar-refractivity contribution in [3.05, 3.63) is 0 Å². The van der Waals surface area contributed by atoms with Crippen molar-refractivity contribution in [2.24, 2.45) is 5.92 Å². The van der Waals surface area contributed by atoms with E-state index < -0.39 is 0 Å². The Morgan fingerprint density at radius 2 is 1.71 bits per heavy atom. The lowest BCUT2D eigenvalue weighted by Crippen LogP contribution is -2.49. The topological polar surface area (TPSA) is 40.6 Å². The zero-order valence-corrected chi connectivity index (χ0v) is 10.8. The molecule has 0 aromatic carbocycles. The molecule has 2 saturated heterocycles. The third-order valence-electron chi connectivity index (χ3n) is 4.04. The van der Waals surface area contributed by atoms with Gasteiger partial charge in [-0.05, 0) is 31.6 Å². The van der Waals surface area contributed by atoms with Gasteiger partial charge < -0.3 is 9.80 Å². The number of nitrogens with zero attached hydrogens (tertiary/aromatic N) is 2. The van der Waals surface area contributed by atoms with Crippen LogP contribution in [-0.2, 0) is 9.59 Å². The summed E-state index contributed by atoms with van der Waals surface area (Å²) in [5.41, 5.74) is 0. The van der Waals surface area contributed by atoms with Gasteiger partial charge in [0.1, 0.15) is 6.04 Å². The van der Waals surface area contributed by atoms with Gasteiger partial charge in [-0.25, -0.2) is 0 Å². The first-order valence-corrected chi connectivity index (χ1v) is 6.65. The molecule has 0 saturated carbocycles. The van der Waals surface area contributed by atoms with E-state index in [0.29, 0.717) is 0 Å². The first-order valence-electron chi connectivity index (χ1n) is 6.65. The lowest BCUT2D eigenvalue weighted by atomic mass is 9.98. The molecule has 0 spiro atoms. The van der Waals surface area contributed by atoms with Gasteiger partial charge in [0.05, 0.1) is 0 Å². The molecule has 2 aliphatic rings. The number of hydrogen-bond donors (Lipinski definition) is 0. The van der Waals surface area contributed by atoms with Crippen LogP contribution in [0.2, 0.25) is 0 Å². The number of likely N-dealkylation sites (tertiary alicyclic amines) is 2. The highest BCUT2D eigenvalue weighted by Gasteiger charge is 2.35. The van der Waals surface area contributed by atoms with Crippen LogP contribution in [0.4, 0.5) is 0 Å². The molecule has 2 aliphatic heterocycles. The van der Waals surface area contributed by atoms with Gasteiger partial charge in [0.25, 0.3) is 0 Å². The standard InChI is InChI=1S/C13H22N2O2/c1-10-5-8-14(9-6-10)13(17)12-4-3-7-15(12)11(2)16/h10,12H,3-9H2,1-2H3/t12-/m0/s1. The number of carbonyl (C=O) groups is 2. The smallest absolute Gasteiger partial charge is 0.245 e. The van der Waals surface area contributed by atoms with E-state index in [0.717, 1.165) is 51.2 Å². The van der Waals surface area contributed by atoms with E-state index in [1.54, 1.807) is 11.8 Å². The monoisotopic (exact) mass is 238 g/mol. The minimum atomic E-state index is -0.180. The number of rotatable bonds is 1. The van der Waals surface area contributed by atoms with Gasteiger partial charge in [-0.3, -0.25) is 9.59 Å². The zero-order chi connectivity index (χ0) is 12.4. The predicted molar refractivity (Wildman–Crippen MR) is 65.4 cm³/mol. The fourth-order valence-corrected chi connectivity index (χ4v) is 2.84. The van der Waals surface area contributed by atoms with Gasteiger partial charge in [0, 0.05) is 26.6 Å². The number of hydrogen-bond acceptors (Lipinski definition) is 2. The van der Waals surface area contributed by atoms with Crippen LogP contribution < -0.4 is 0 Å². The summed E-state index contributed by atoms with van der Waals surface area (Å²) in [6, 6.07) is -0.180. The summed E-state index contributed by atoms with van der Waals surface area (Å²) in [6.45, 7) is 6.27. The first-order chi connectivity index (χ1) is 8.09. The molecular formula is C13H22N2O2. The van der Waals surface area contributed by atoms with Crippen molar-refractivity contribution >= 4 is 11.8 Å². The summed E-state index contributed by atoms with van der Waals surface area (Å²) < 4.78 is 0. The van der Waals surface area contributed by atoms with Crippen LogP contribution in [-0.4, -0.2) is 47.3 Å². The van der Waals surface area contributed by atoms with Gasteiger partial charge in [0.2, 0.25) is 11.8 Å². The van der Waals surface area contributed by atoms with Crippen LogP contribution in [0.15, 0.2) is 0 Å². The van der Waals surface area contributed by atoms with E-state index in [2.05, 4.69) is 6.92 Å². The Morgan fingerprint density at radius 1 is 1.06 bits per heavy atom. The number of carbonyl (C=O) groups excluding carboxylic acids is 2. The zero-order valence-electron chi connectivity index (χ0n) is 10.8. The SMILES string of the molecule is CC(=O)N1CCC[C@H]1C(=O)N1CCC(C)CC1. The Labute approximate surface area is 103 Å². The first kappa shape index (κ1) is 12.4. The van der Waals surface area contributed by atoms with E-state index >= 15 is 0 Å². The predicted octanol–water partition coefficient (Wildman–Crippen LogP) is 1.26. The van der Waals surface area contributed by atoms with Crippen LogP contribution in [0.25, 0.3) is 0 Å². The summed E-state index contributed by atoms with van der Waals surface area (Å²) in [6.07, 6.45) is 3.99. The molecule has 0 N–H and O–H groups in total. The van der Waals surface area contributed by atoms with E-state index in [4.69, 9.17) is 0 Å². The highest BCUT2D eigenvalue weighted by atomic mass is 16.2. The summed E-state index contributed by atoms with van der Waals surface area (Å²) in [5, 5.41) is 0. The van der Waals surface area contributed by atoms with Gasteiger partial charge >= 0.3 is 0 Å². The Morgan fingerprint density at radius 3 is 2.29 bits per heavy atom. The number of amides is 2. The van der Waals surface area contributed by atoms with Crippen molar-refractivity contribution in [3.63, 3.8) is 0 Å². The summed E-state index contributed by atoms with van der Waals surface area (Å²) in [5.74, 6) is 0.933. The maximum Gasteiger partial charge on any atom is 0.245 e. The van der Waals surface area contributed by atoms with Crippen molar-refractivity contribution < 1.29 is 9.59 Å². The summed E-state index contributed by atoms with van der Waals surface area (Å²) in [4.78, 5) is 27.5. The molecule has 0 aromatic heterocycles. The minimum Gasteiger partial charge on any atom is -0.341 e. The lowest BCUT2D eigenvalue weighted by Gasteiger charge is -2.34. The molecule has 2 amide bonds. The van der Waals surface area contributed by atoms with Crippen molar-refractivity contribution in [1.29, 1.82) is 0 Å². The van der Waals surface area contributed by atoms with Gasteiger partial charge in [-0.15, -0.1) is 0 Å². The molecule has 0 aromatic rings. The molecule has 0 unspecified atom stereocenters. The number of piperidine rings is 1. The highest BCUT2D eigenvalue weighted by molar-refractivity contribution is 5.87. The molecule has 0 aliphatic carbocycles. The second kappa shape index (κ2) is 5.07. The Kier molecular flexibility index (Phi) is 3.69. The average Bonchev–Trinajstić information content (AvgIpc) is 2.78. The lowest BCUT2D eigenvalue weighted by molar-refractivity contribution is -0.143. The maximum atomic E-state index is 12.4. The van der Waals surface area contributed by atoms with Crippen LogP contribution in [0.3, 0.4) is 0 Å². The fourth-order valence-electron chi connectivity index (χ4n) is 2.84. The molecule has 17 heavy (non-hydrogen) atoms. The molecule has 96 valence electrons. The van der Waals surface area contributed by atoms with Crippen molar-refractivity contribution in [3.8, 4) is 0 Å². The molecule has 2 rings (SSSR count). The average molecular weight is 238 g/mol. The molecular weight excluding hydrogens is 216 g/mol. The molecule has 2 heterocycles. The molecule has 0 bridgehead atoms. The van der Waals surface area contributed by atoms with E-state index in [1.165, 1.54) is 0 Å². The molecule has 0 radical (unpaired) electrons. The Hall–Kier alpha value is -1.06. The van der Waals surface area contributed by atoms with Crippen LogP contribution >= 0.6 is 0 Å². The maximum absolute atomic E-state index is 12.4. The molecule has 2 fully saturated rings. The molecule has 4 heteroatoms. The third-order valence-corrected chi connectivity index (χ3v) is 4.04. The van der Waals surface area contributed by atoms with Gasteiger partial charge in [-0.2, -0.15) is 0 Å². The second-order valence-electron chi connectivity index (χ2n) is 5.38.